The first kappa shape index (κ1) is 22.3. The fraction of sp³-hybridized carbons (Fsp3) is 0.346. The van der Waals surface area contributed by atoms with Crippen LogP contribution in [0.5, 0.6) is 0 Å². The zero-order chi connectivity index (χ0) is 23.5. The number of halogens is 2. The van der Waals surface area contributed by atoms with E-state index in [1.165, 1.54) is 24.3 Å². The molecule has 6 nitrogen and oxygen atoms in total. The molecule has 0 N–H and O–H groups in total. The highest BCUT2D eigenvalue weighted by molar-refractivity contribution is 5.80. The maximum atomic E-state index is 13.2. The van der Waals surface area contributed by atoms with Gasteiger partial charge in [-0.3, -0.25) is 4.79 Å². The average molecular weight is 464 g/mol. The summed E-state index contributed by atoms with van der Waals surface area (Å²) in [5, 5.41) is 8.70. The van der Waals surface area contributed by atoms with Crippen molar-refractivity contribution in [2.45, 2.75) is 12.8 Å². The standard InChI is InChI=1S/C26H27F2N5O/c27-21-5-3-19(4-6-21)24-11-12-25(30-29-24)33-13-1-2-20(18-33)26(34)32-16-14-31(15-17-32)23-9-7-22(28)8-10-23/h3-12,20H,1-2,13-18H2. The van der Waals surface area contributed by atoms with Gasteiger partial charge in [-0.05, 0) is 73.5 Å². The Morgan fingerprint density at radius 2 is 1.44 bits per heavy atom. The Morgan fingerprint density at radius 3 is 2.09 bits per heavy atom. The number of piperazine rings is 1. The normalized spacial score (nSPS) is 18.8. The number of hydrogen-bond donors (Lipinski definition) is 0. The van der Waals surface area contributed by atoms with Gasteiger partial charge in [0.1, 0.15) is 11.6 Å². The second-order valence-corrected chi connectivity index (χ2v) is 8.86. The fourth-order valence-corrected chi connectivity index (χ4v) is 4.75. The van der Waals surface area contributed by atoms with Crippen LogP contribution in [0.3, 0.4) is 0 Å². The molecule has 3 aromatic rings. The summed E-state index contributed by atoms with van der Waals surface area (Å²) in [6, 6.07) is 16.5. The first-order chi connectivity index (χ1) is 16.6. The van der Waals surface area contributed by atoms with Crippen molar-refractivity contribution in [3.05, 3.63) is 72.3 Å². The number of rotatable bonds is 4. The van der Waals surface area contributed by atoms with Crippen LogP contribution < -0.4 is 9.80 Å². The molecule has 1 unspecified atom stereocenters. The second-order valence-electron chi connectivity index (χ2n) is 8.86. The smallest absolute Gasteiger partial charge is 0.227 e. The molecule has 0 spiro atoms. The van der Waals surface area contributed by atoms with Crippen LogP contribution in [0.25, 0.3) is 11.3 Å². The van der Waals surface area contributed by atoms with Crippen molar-refractivity contribution in [2.75, 3.05) is 49.1 Å². The van der Waals surface area contributed by atoms with Gasteiger partial charge in [0, 0.05) is 50.5 Å². The van der Waals surface area contributed by atoms with E-state index in [-0.39, 0.29) is 23.5 Å². The van der Waals surface area contributed by atoms with E-state index in [9.17, 15) is 13.6 Å². The third-order valence-electron chi connectivity index (χ3n) is 6.67. The second kappa shape index (κ2) is 9.75. The molecular weight excluding hydrogens is 436 g/mol. The van der Waals surface area contributed by atoms with Crippen molar-refractivity contribution in [1.82, 2.24) is 15.1 Å². The lowest BCUT2D eigenvalue weighted by atomic mass is 9.96. The monoisotopic (exact) mass is 463 g/mol. The highest BCUT2D eigenvalue weighted by Gasteiger charge is 2.31. The summed E-state index contributed by atoms with van der Waals surface area (Å²) in [7, 11) is 0. The van der Waals surface area contributed by atoms with Crippen LogP contribution in [0.4, 0.5) is 20.3 Å². The number of piperidine rings is 1. The van der Waals surface area contributed by atoms with Gasteiger partial charge < -0.3 is 14.7 Å². The van der Waals surface area contributed by atoms with Gasteiger partial charge in [-0.2, -0.15) is 0 Å². The van der Waals surface area contributed by atoms with Gasteiger partial charge in [-0.15, -0.1) is 10.2 Å². The Hall–Kier alpha value is -3.55. The predicted octanol–water partition coefficient (Wildman–Crippen LogP) is 3.99. The molecule has 3 heterocycles. The lowest BCUT2D eigenvalue weighted by molar-refractivity contribution is -0.136. The number of benzene rings is 2. The molecule has 1 amide bonds. The summed E-state index contributed by atoms with van der Waals surface area (Å²) in [5.41, 5.74) is 2.49. The van der Waals surface area contributed by atoms with E-state index in [1.54, 1.807) is 24.3 Å². The maximum absolute atomic E-state index is 13.2. The summed E-state index contributed by atoms with van der Waals surface area (Å²) >= 11 is 0. The van der Waals surface area contributed by atoms with E-state index in [2.05, 4.69) is 20.0 Å². The highest BCUT2D eigenvalue weighted by atomic mass is 19.1. The van der Waals surface area contributed by atoms with Crippen LogP contribution >= 0.6 is 0 Å². The molecule has 5 rings (SSSR count). The maximum Gasteiger partial charge on any atom is 0.227 e. The van der Waals surface area contributed by atoms with E-state index in [4.69, 9.17) is 0 Å². The Labute approximate surface area is 197 Å². The van der Waals surface area contributed by atoms with Crippen LogP contribution in [0.1, 0.15) is 12.8 Å². The molecule has 1 atom stereocenters. The van der Waals surface area contributed by atoms with Gasteiger partial charge >= 0.3 is 0 Å². The van der Waals surface area contributed by atoms with Gasteiger partial charge in [-0.25, -0.2) is 8.78 Å². The van der Waals surface area contributed by atoms with Gasteiger partial charge in [-0.1, -0.05) is 0 Å². The summed E-state index contributed by atoms with van der Waals surface area (Å²) in [4.78, 5) is 19.5. The van der Waals surface area contributed by atoms with Crippen molar-refractivity contribution < 1.29 is 13.6 Å². The first-order valence-electron chi connectivity index (χ1n) is 11.7. The molecule has 1 aromatic heterocycles. The Morgan fingerprint density at radius 1 is 0.765 bits per heavy atom. The minimum absolute atomic E-state index is 0.0651. The Bertz CT molecular complexity index is 1110. The Kier molecular flexibility index (Phi) is 6.38. The third kappa shape index (κ3) is 4.85. The Balaban J connectivity index is 1.18. The molecule has 2 aliphatic heterocycles. The van der Waals surface area contributed by atoms with Gasteiger partial charge in [0.2, 0.25) is 5.91 Å². The molecule has 176 valence electrons. The first-order valence-corrected chi connectivity index (χ1v) is 11.7. The zero-order valence-electron chi connectivity index (χ0n) is 18.9. The van der Waals surface area contributed by atoms with E-state index in [0.717, 1.165) is 49.5 Å². The van der Waals surface area contributed by atoms with Crippen LogP contribution in [-0.2, 0) is 4.79 Å². The van der Waals surface area contributed by atoms with Crippen molar-refractivity contribution in [3.63, 3.8) is 0 Å². The molecule has 0 bridgehead atoms. The van der Waals surface area contributed by atoms with Crippen LogP contribution in [0.15, 0.2) is 60.7 Å². The van der Waals surface area contributed by atoms with Crippen molar-refractivity contribution in [3.8, 4) is 11.3 Å². The topological polar surface area (TPSA) is 52.6 Å². The number of carbonyl (C=O) groups excluding carboxylic acids is 1. The fourth-order valence-electron chi connectivity index (χ4n) is 4.75. The van der Waals surface area contributed by atoms with Gasteiger partial charge in [0.15, 0.2) is 5.82 Å². The molecular formula is C26H27F2N5O. The molecule has 8 heteroatoms. The van der Waals surface area contributed by atoms with Crippen LogP contribution in [-0.4, -0.2) is 60.3 Å². The summed E-state index contributed by atoms with van der Waals surface area (Å²) < 4.78 is 26.4. The quantitative estimate of drug-likeness (QED) is 0.586. The molecule has 2 aromatic carbocycles. The lowest BCUT2D eigenvalue weighted by Crippen LogP contribution is -2.52. The van der Waals surface area contributed by atoms with Gasteiger partial charge in [0.05, 0.1) is 11.6 Å². The van der Waals surface area contributed by atoms with Crippen LogP contribution in [0.2, 0.25) is 0 Å². The summed E-state index contributed by atoms with van der Waals surface area (Å²) in [6.45, 7) is 4.28. The van der Waals surface area contributed by atoms with E-state index < -0.39 is 0 Å². The highest BCUT2D eigenvalue weighted by Crippen LogP contribution is 2.25. The number of nitrogens with zero attached hydrogens (tertiary/aromatic N) is 5. The van der Waals surface area contributed by atoms with Crippen molar-refractivity contribution in [2.24, 2.45) is 5.92 Å². The average Bonchev–Trinajstić information content (AvgIpc) is 2.89. The van der Waals surface area contributed by atoms with Crippen LogP contribution in [0, 0.1) is 17.6 Å². The predicted molar refractivity (Wildman–Crippen MR) is 128 cm³/mol. The third-order valence-corrected chi connectivity index (χ3v) is 6.67. The molecule has 34 heavy (non-hydrogen) atoms. The molecule has 2 aliphatic rings. The molecule has 2 fully saturated rings. The summed E-state index contributed by atoms with van der Waals surface area (Å²) in [5.74, 6) is 0.358. The minimum Gasteiger partial charge on any atom is -0.368 e. The molecule has 0 radical (unpaired) electrons. The number of anilines is 2. The minimum atomic E-state index is -0.283. The lowest BCUT2D eigenvalue weighted by Gasteiger charge is -2.40. The largest absolute Gasteiger partial charge is 0.368 e. The van der Waals surface area contributed by atoms with E-state index in [0.29, 0.717) is 25.3 Å². The zero-order valence-corrected chi connectivity index (χ0v) is 18.9. The number of hydrogen-bond acceptors (Lipinski definition) is 5. The molecule has 0 aliphatic carbocycles. The van der Waals surface area contributed by atoms with E-state index >= 15 is 0 Å². The molecule has 0 saturated carbocycles. The molecule has 2 saturated heterocycles. The SMILES string of the molecule is O=C(C1CCCN(c2ccc(-c3ccc(F)cc3)nn2)C1)N1CCN(c2ccc(F)cc2)CC1. The number of amides is 1. The summed E-state index contributed by atoms with van der Waals surface area (Å²) in [6.07, 6.45) is 1.79. The van der Waals surface area contributed by atoms with Gasteiger partial charge in [0.25, 0.3) is 0 Å². The van der Waals surface area contributed by atoms with Crippen molar-refractivity contribution in [1.29, 1.82) is 0 Å². The van der Waals surface area contributed by atoms with Crippen molar-refractivity contribution >= 4 is 17.4 Å². The number of aromatic nitrogens is 2. The number of carbonyl (C=O) groups is 1. The van der Waals surface area contributed by atoms with E-state index in [1.807, 2.05) is 17.0 Å².